The molecule has 0 aromatic carbocycles. The molecule has 14 heavy (non-hydrogen) atoms. The van der Waals surface area contributed by atoms with E-state index in [1.807, 2.05) is 0 Å². The van der Waals surface area contributed by atoms with E-state index in [1.54, 1.807) is 0 Å². The quantitative estimate of drug-likeness (QED) is 0.651. The van der Waals surface area contributed by atoms with Gasteiger partial charge in [-0.1, -0.05) is 26.2 Å². The average molecular weight is 195 g/mol. The second-order valence-corrected chi connectivity index (χ2v) is 5.25. The Balaban J connectivity index is 2.02. The number of hydrogen-bond acceptors (Lipinski definition) is 1. The summed E-state index contributed by atoms with van der Waals surface area (Å²) in [5.41, 5.74) is 0. The van der Waals surface area contributed by atoms with Gasteiger partial charge in [0.1, 0.15) is 0 Å². The zero-order chi connectivity index (χ0) is 9.97. The highest BCUT2D eigenvalue weighted by molar-refractivity contribution is 4.90. The van der Waals surface area contributed by atoms with Crippen molar-refractivity contribution in [1.29, 1.82) is 0 Å². The van der Waals surface area contributed by atoms with Crippen LogP contribution in [0.5, 0.6) is 0 Å². The summed E-state index contributed by atoms with van der Waals surface area (Å²) >= 11 is 0. The van der Waals surface area contributed by atoms with E-state index in [4.69, 9.17) is 0 Å². The van der Waals surface area contributed by atoms with Crippen LogP contribution in [0.2, 0.25) is 0 Å². The maximum absolute atomic E-state index is 2.87. The minimum atomic E-state index is 0.866. The van der Waals surface area contributed by atoms with Crippen LogP contribution in [-0.4, -0.2) is 23.0 Å². The van der Waals surface area contributed by atoms with E-state index in [9.17, 15) is 0 Å². The minimum Gasteiger partial charge on any atom is -0.295 e. The van der Waals surface area contributed by atoms with E-state index in [2.05, 4.69) is 18.7 Å². The molecule has 3 atom stereocenters. The summed E-state index contributed by atoms with van der Waals surface area (Å²) in [7, 11) is 0. The van der Waals surface area contributed by atoms with E-state index in [0.717, 1.165) is 18.1 Å². The lowest BCUT2D eigenvalue weighted by atomic mass is 9.84. The molecule has 2 heterocycles. The van der Waals surface area contributed by atoms with Gasteiger partial charge in [-0.15, -0.1) is 0 Å². The molecule has 2 aliphatic heterocycles. The monoisotopic (exact) mass is 195 g/mol. The predicted octanol–water partition coefficient (Wildman–Crippen LogP) is 3.58. The fourth-order valence-corrected chi connectivity index (χ4v) is 3.62. The fraction of sp³-hybridized carbons (Fsp3) is 1.00. The van der Waals surface area contributed by atoms with Crippen molar-refractivity contribution in [3.05, 3.63) is 0 Å². The van der Waals surface area contributed by atoms with Crippen molar-refractivity contribution in [3.8, 4) is 0 Å². The van der Waals surface area contributed by atoms with E-state index < -0.39 is 0 Å². The molecular formula is C13H25N. The third-order valence-corrected chi connectivity index (χ3v) is 4.21. The summed E-state index contributed by atoms with van der Waals surface area (Å²) in [4.78, 5) is 2.87. The van der Waals surface area contributed by atoms with Crippen LogP contribution in [-0.2, 0) is 0 Å². The van der Waals surface area contributed by atoms with Crippen molar-refractivity contribution in [1.82, 2.24) is 4.90 Å². The number of rotatable bonds is 2. The molecule has 0 aromatic rings. The molecule has 0 radical (unpaired) electrons. The first-order chi connectivity index (χ1) is 6.83. The van der Waals surface area contributed by atoms with Gasteiger partial charge in [0.05, 0.1) is 0 Å². The van der Waals surface area contributed by atoms with Crippen LogP contribution in [0.15, 0.2) is 0 Å². The van der Waals surface area contributed by atoms with Crippen molar-refractivity contribution in [3.63, 3.8) is 0 Å². The molecule has 1 heteroatoms. The molecule has 2 fully saturated rings. The van der Waals surface area contributed by atoms with Gasteiger partial charge < -0.3 is 0 Å². The highest BCUT2D eigenvalue weighted by Gasteiger charge is 2.35. The summed E-state index contributed by atoms with van der Waals surface area (Å²) < 4.78 is 0. The summed E-state index contributed by atoms with van der Waals surface area (Å²) in [6.07, 6.45) is 11.6. The summed E-state index contributed by atoms with van der Waals surface area (Å²) in [6.45, 7) is 4.78. The normalized spacial score (nSPS) is 39.4. The molecule has 0 aromatic heterocycles. The van der Waals surface area contributed by atoms with Gasteiger partial charge in [-0.3, -0.25) is 4.90 Å². The molecule has 2 saturated heterocycles. The molecule has 0 amide bonds. The largest absolute Gasteiger partial charge is 0.295 e. The van der Waals surface area contributed by atoms with Gasteiger partial charge >= 0.3 is 0 Å². The lowest BCUT2D eigenvalue weighted by molar-refractivity contribution is 0.00763. The van der Waals surface area contributed by atoms with Crippen molar-refractivity contribution >= 4 is 0 Å². The van der Waals surface area contributed by atoms with Gasteiger partial charge in [0.25, 0.3) is 0 Å². The zero-order valence-electron chi connectivity index (χ0n) is 9.84. The molecule has 2 aliphatic rings. The Morgan fingerprint density at radius 1 is 1.07 bits per heavy atom. The first kappa shape index (κ1) is 10.5. The molecular weight excluding hydrogens is 170 g/mol. The highest BCUT2D eigenvalue weighted by atomic mass is 15.2. The molecule has 1 nitrogen and oxygen atoms in total. The molecule has 82 valence electrons. The van der Waals surface area contributed by atoms with Crippen molar-refractivity contribution in [2.24, 2.45) is 0 Å². The smallest absolute Gasteiger partial charge is 0.0101 e. The predicted molar refractivity (Wildman–Crippen MR) is 61.5 cm³/mol. The first-order valence-electron chi connectivity index (χ1n) is 6.60. The second-order valence-electron chi connectivity index (χ2n) is 5.25. The third-order valence-electron chi connectivity index (χ3n) is 4.21. The number of fused-ring (bicyclic) bond motifs is 1. The SMILES string of the molecule is CCC[C@@H]1CCC[C@@H]2CCC[C@H](C)N21. The van der Waals surface area contributed by atoms with Gasteiger partial charge in [0.2, 0.25) is 0 Å². The Kier molecular flexibility index (Phi) is 3.48. The molecule has 0 spiro atoms. The summed E-state index contributed by atoms with van der Waals surface area (Å²) in [6, 6.07) is 2.74. The van der Waals surface area contributed by atoms with Crippen molar-refractivity contribution in [2.75, 3.05) is 0 Å². The first-order valence-corrected chi connectivity index (χ1v) is 6.60. The molecule has 0 saturated carbocycles. The Morgan fingerprint density at radius 3 is 2.50 bits per heavy atom. The highest BCUT2D eigenvalue weighted by Crippen LogP contribution is 2.35. The molecule has 0 aliphatic carbocycles. The minimum absolute atomic E-state index is 0.866. The van der Waals surface area contributed by atoms with Gasteiger partial charge in [0.15, 0.2) is 0 Å². The summed E-state index contributed by atoms with van der Waals surface area (Å²) in [5.74, 6) is 0. The molecule has 0 N–H and O–H groups in total. The van der Waals surface area contributed by atoms with Crippen LogP contribution in [0.1, 0.15) is 65.2 Å². The number of piperidine rings is 2. The lowest BCUT2D eigenvalue weighted by Crippen LogP contribution is -2.53. The lowest BCUT2D eigenvalue weighted by Gasteiger charge is -2.49. The maximum atomic E-state index is 2.87. The average Bonchev–Trinajstić information content (AvgIpc) is 2.19. The van der Waals surface area contributed by atoms with Gasteiger partial charge in [-0.05, 0) is 39.0 Å². The van der Waals surface area contributed by atoms with Crippen LogP contribution in [0.3, 0.4) is 0 Å². The Bertz CT molecular complexity index is 174. The van der Waals surface area contributed by atoms with Crippen LogP contribution >= 0.6 is 0 Å². The van der Waals surface area contributed by atoms with E-state index in [1.165, 1.54) is 51.4 Å². The number of nitrogens with zero attached hydrogens (tertiary/aromatic N) is 1. The van der Waals surface area contributed by atoms with Gasteiger partial charge in [0, 0.05) is 18.1 Å². The fourth-order valence-electron chi connectivity index (χ4n) is 3.62. The Morgan fingerprint density at radius 2 is 1.79 bits per heavy atom. The van der Waals surface area contributed by atoms with Crippen LogP contribution in [0.4, 0.5) is 0 Å². The Hall–Kier alpha value is -0.0400. The summed E-state index contributed by atoms with van der Waals surface area (Å²) in [5, 5.41) is 0. The van der Waals surface area contributed by atoms with E-state index in [0.29, 0.717) is 0 Å². The van der Waals surface area contributed by atoms with Crippen molar-refractivity contribution in [2.45, 2.75) is 83.3 Å². The van der Waals surface area contributed by atoms with Gasteiger partial charge in [-0.25, -0.2) is 0 Å². The third kappa shape index (κ3) is 1.98. The van der Waals surface area contributed by atoms with E-state index >= 15 is 0 Å². The van der Waals surface area contributed by atoms with Crippen molar-refractivity contribution < 1.29 is 0 Å². The van der Waals surface area contributed by atoms with Crippen LogP contribution in [0, 0.1) is 0 Å². The van der Waals surface area contributed by atoms with Crippen LogP contribution < -0.4 is 0 Å². The zero-order valence-corrected chi connectivity index (χ0v) is 9.84. The molecule has 2 rings (SSSR count). The van der Waals surface area contributed by atoms with Gasteiger partial charge in [-0.2, -0.15) is 0 Å². The second kappa shape index (κ2) is 4.65. The maximum Gasteiger partial charge on any atom is 0.0101 e. The standard InChI is InChI=1S/C13H25N/c1-3-6-12-9-5-10-13-8-4-7-11(2)14(12)13/h11-13H,3-10H2,1-2H3/t11-,12+,13-/m0/s1. The Labute approximate surface area is 88.9 Å². The topological polar surface area (TPSA) is 3.24 Å². The van der Waals surface area contributed by atoms with E-state index in [-0.39, 0.29) is 0 Å². The molecule has 0 bridgehead atoms. The van der Waals surface area contributed by atoms with Crippen LogP contribution in [0.25, 0.3) is 0 Å². The molecule has 0 unspecified atom stereocenters. The number of hydrogen-bond donors (Lipinski definition) is 0.